The van der Waals surface area contributed by atoms with Crippen molar-refractivity contribution in [2.75, 3.05) is 21.2 Å². The molecule has 0 atom stereocenters. The zero-order valence-electron chi connectivity index (χ0n) is 10.2. The van der Waals surface area contributed by atoms with Gasteiger partial charge in [0.15, 0.2) is 0 Å². The maximum Gasteiger partial charge on any atom is 0.119 e. The summed E-state index contributed by atoms with van der Waals surface area (Å²) in [6.45, 7) is 0. The van der Waals surface area contributed by atoms with Gasteiger partial charge >= 0.3 is 0 Å². The molecule has 0 saturated heterocycles. The van der Waals surface area contributed by atoms with Gasteiger partial charge < -0.3 is 9.75 Å². The molecule has 1 aliphatic rings. The molecule has 0 fully saturated rings. The van der Waals surface area contributed by atoms with Gasteiger partial charge in [-0.1, -0.05) is 0 Å². The lowest BCUT2D eigenvalue weighted by Gasteiger charge is -2.20. The van der Waals surface area contributed by atoms with Gasteiger partial charge in [0.1, 0.15) is 5.75 Å². The van der Waals surface area contributed by atoms with Crippen LogP contribution in [0, 0.1) is 0 Å². The Bertz CT molecular complexity index is 410. The van der Waals surface area contributed by atoms with E-state index in [1.54, 1.807) is 7.11 Å². The van der Waals surface area contributed by atoms with Crippen molar-refractivity contribution in [3.8, 4) is 5.75 Å². The first kappa shape index (κ1) is 11.0. The average molecular weight is 218 g/mol. The molecule has 0 aromatic heterocycles. The molecule has 0 radical (unpaired) electrons. The van der Waals surface area contributed by atoms with Crippen molar-refractivity contribution in [2.45, 2.75) is 19.3 Å². The molecule has 0 unspecified atom stereocenters. The Morgan fingerprint density at radius 1 is 1.25 bits per heavy atom. The molecule has 86 valence electrons. The number of rotatable bonds is 2. The monoisotopic (exact) mass is 218 g/mol. The van der Waals surface area contributed by atoms with Crippen LogP contribution in [0.5, 0.6) is 5.75 Å². The maximum atomic E-state index is 5.25. The second-order valence-electron chi connectivity index (χ2n) is 4.27. The summed E-state index contributed by atoms with van der Waals surface area (Å²) in [6.07, 6.45) is 3.36. The molecule has 0 heterocycles. The molecular weight excluding hydrogens is 200 g/mol. The van der Waals surface area contributed by atoms with Crippen molar-refractivity contribution in [1.82, 2.24) is 5.01 Å². The predicted molar refractivity (Wildman–Crippen MR) is 66.2 cm³/mol. The lowest BCUT2D eigenvalue weighted by molar-refractivity contribution is 0.414. The first-order valence-electron chi connectivity index (χ1n) is 5.63. The molecule has 0 amide bonds. The van der Waals surface area contributed by atoms with Gasteiger partial charge in [0.25, 0.3) is 0 Å². The molecule has 2 rings (SSSR count). The summed E-state index contributed by atoms with van der Waals surface area (Å²) in [5.74, 6) is 0.935. The van der Waals surface area contributed by atoms with Crippen LogP contribution in [-0.4, -0.2) is 31.9 Å². The Morgan fingerprint density at radius 2 is 2.06 bits per heavy atom. The van der Waals surface area contributed by atoms with E-state index in [9.17, 15) is 0 Å². The minimum Gasteiger partial charge on any atom is -0.497 e. The molecule has 1 aromatic carbocycles. The number of hydrazone groups is 1. The minimum atomic E-state index is 0.935. The van der Waals surface area contributed by atoms with Gasteiger partial charge in [0.2, 0.25) is 0 Å². The summed E-state index contributed by atoms with van der Waals surface area (Å²) in [7, 11) is 5.63. The van der Waals surface area contributed by atoms with Crippen LogP contribution < -0.4 is 4.74 Å². The number of hydrogen-bond acceptors (Lipinski definition) is 3. The Morgan fingerprint density at radius 3 is 2.75 bits per heavy atom. The standard InChI is InChI=1S/C13H18N2O/c1-15(2)14-13-6-4-5-10-9-11(16-3)7-8-12(10)13/h7-9H,4-6H2,1-3H3/b14-13-. The molecule has 0 aliphatic heterocycles. The fourth-order valence-corrected chi connectivity index (χ4v) is 2.11. The summed E-state index contributed by atoms with van der Waals surface area (Å²) in [5.41, 5.74) is 3.82. The fraction of sp³-hybridized carbons (Fsp3) is 0.462. The van der Waals surface area contributed by atoms with E-state index in [2.05, 4.69) is 17.2 Å². The van der Waals surface area contributed by atoms with Gasteiger partial charge in [-0.2, -0.15) is 5.10 Å². The largest absolute Gasteiger partial charge is 0.497 e. The highest BCUT2D eigenvalue weighted by Gasteiger charge is 2.16. The average Bonchev–Trinajstić information content (AvgIpc) is 2.28. The van der Waals surface area contributed by atoms with Crippen LogP contribution in [0.25, 0.3) is 0 Å². The van der Waals surface area contributed by atoms with Crippen LogP contribution in [0.4, 0.5) is 0 Å². The summed E-state index contributed by atoms with van der Waals surface area (Å²) in [5, 5.41) is 6.41. The van der Waals surface area contributed by atoms with Crippen LogP contribution in [0.15, 0.2) is 23.3 Å². The zero-order chi connectivity index (χ0) is 11.5. The number of hydrogen-bond donors (Lipinski definition) is 0. The molecule has 0 spiro atoms. The second kappa shape index (κ2) is 4.56. The SMILES string of the molecule is COc1ccc2c(c1)CCC/C2=N/N(C)C. The number of nitrogens with zero attached hydrogens (tertiary/aromatic N) is 2. The Hall–Kier alpha value is -1.51. The van der Waals surface area contributed by atoms with Crippen molar-refractivity contribution in [1.29, 1.82) is 0 Å². The van der Waals surface area contributed by atoms with Gasteiger partial charge in [-0.3, -0.25) is 0 Å². The molecule has 3 nitrogen and oxygen atoms in total. The molecule has 0 bridgehead atoms. The number of aryl methyl sites for hydroxylation is 1. The third kappa shape index (κ3) is 2.18. The van der Waals surface area contributed by atoms with Gasteiger partial charge in [0, 0.05) is 19.7 Å². The van der Waals surface area contributed by atoms with Crippen molar-refractivity contribution in [2.24, 2.45) is 5.10 Å². The quantitative estimate of drug-likeness (QED) is 0.711. The summed E-state index contributed by atoms with van der Waals surface area (Å²) < 4.78 is 5.25. The highest BCUT2D eigenvalue weighted by atomic mass is 16.5. The molecule has 3 heteroatoms. The first-order valence-corrected chi connectivity index (χ1v) is 5.63. The number of methoxy groups -OCH3 is 1. The molecule has 0 N–H and O–H groups in total. The summed E-state index contributed by atoms with van der Waals surface area (Å²) in [6, 6.07) is 6.25. The van der Waals surface area contributed by atoms with E-state index in [0.29, 0.717) is 0 Å². The van der Waals surface area contributed by atoms with Crippen LogP contribution in [0.1, 0.15) is 24.0 Å². The lowest BCUT2D eigenvalue weighted by Crippen LogP contribution is -2.16. The van der Waals surface area contributed by atoms with E-state index in [1.165, 1.54) is 23.3 Å². The van der Waals surface area contributed by atoms with E-state index >= 15 is 0 Å². The van der Waals surface area contributed by atoms with E-state index in [1.807, 2.05) is 25.2 Å². The zero-order valence-corrected chi connectivity index (χ0v) is 10.2. The van der Waals surface area contributed by atoms with Crippen molar-refractivity contribution in [3.05, 3.63) is 29.3 Å². The number of ether oxygens (including phenoxy) is 1. The number of benzene rings is 1. The highest BCUT2D eigenvalue weighted by molar-refractivity contribution is 6.02. The first-order chi connectivity index (χ1) is 7.70. The third-order valence-electron chi connectivity index (χ3n) is 2.80. The molecule has 1 aromatic rings. The molecule has 0 saturated carbocycles. The molecule has 16 heavy (non-hydrogen) atoms. The van der Waals surface area contributed by atoms with Crippen molar-refractivity contribution >= 4 is 5.71 Å². The Labute approximate surface area is 96.7 Å². The van der Waals surface area contributed by atoms with E-state index in [-0.39, 0.29) is 0 Å². The molecular formula is C13H18N2O. The van der Waals surface area contributed by atoms with Gasteiger partial charge in [-0.15, -0.1) is 0 Å². The van der Waals surface area contributed by atoms with E-state index < -0.39 is 0 Å². The van der Waals surface area contributed by atoms with Crippen molar-refractivity contribution in [3.63, 3.8) is 0 Å². The Balaban J connectivity index is 2.40. The van der Waals surface area contributed by atoms with Crippen LogP contribution >= 0.6 is 0 Å². The van der Waals surface area contributed by atoms with Crippen LogP contribution in [0.3, 0.4) is 0 Å². The van der Waals surface area contributed by atoms with Gasteiger partial charge in [-0.05, 0) is 43.0 Å². The molecule has 1 aliphatic carbocycles. The van der Waals surface area contributed by atoms with Crippen LogP contribution in [0.2, 0.25) is 0 Å². The predicted octanol–water partition coefficient (Wildman–Crippen LogP) is 2.30. The highest BCUT2D eigenvalue weighted by Crippen LogP contribution is 2.25. The summed E-state index contributed by atoms with van der Waals surface area (Å²) >= 11 is 0. The van der Waals surface area contributed by atoms with Gasteiger partial charge in [0.05, 0.1) is 12.8 Å². The normalized spacial score (nSPS) is 17.1. The van der Waals surface area contributed by atoms with Crippen molar-refractivity contribution < 1.29 is 4.74 Å². The third-order valence-corrected chi connectivity index (χ3v) is 2.80. The summed E-state index contributed by atoms with van der Waals surface area (Å²) in [4.78, 5) is 0. The smallest absolute Gasteiger partial charge is 0.119 e. The topological polar surface area (TPSA) is 24.8 Å². The van der Waals surface area contributed by atoms with E-state index in [0.717, 1.165) is 18.6 Å². The second-order valence-corrected chi connectivity index (χ2v) is 4.27. The fourth-order valence-electron chi connectivity index (χ4n) is 2.11. The lowest BCUT2D eigenvalue weighted by atomic mass is 9.90. The Kier molecular flexibility index (Phi) is 3.13. The minimum absolute atomic E-state index is 0.935. The van der Waals surface area contributed by atoms with Crippen LogP contribution in [-0.2, 0) is 6.42 Å². The maximum absolute atomic E-state index is 5.25. The van der Waals surface area contributed by atoms with E-state index in [4.69, 9.17) is 4.74 Å². The number of fused-ring (bicyclic) bond motifs is 1. The van der Waals surface area contributed by atoms with Gasteiger partial charge in [-0.25, -0.2) is 0 Å².